The number of carbonyl (C=O) groups excluding carboxylic acids is 1. The van der Waals surface area contributed by atoms with Crippen LogP contribution in [0.5, 0.6) is 0 Å². The summed E-state index contributed by atoms with van der Waals surface area (Å²) < 4.78 is 5.05. The van der Waals surface area contributed by atoms with E-state index in [4.69, 9.17) is 9.84 Å². The number of rotatable bonds is 9. The van der Waals surface area contributed by atoms with Crippen LogP contribution >= 0.6 is 0 Å². The highest BCUT2D eigenvalue weighted by molar-refractivity contribution is 5.74. The molecule has 19 heavy (non-hydrogen) atoms. The first-order valence-corrected chi connectivity index (χ1v) is 6.61. The molecule has 0 bridgehead atoms. The molecule has 2 atom stereocenters. The Bertz CT molecular complexity index is 282. The molecule has 0 spiro atoms. The maximum atomic E-state index is 11.7. The van der Waals surface area contributed by atoms with Crippen molar-refractivity contribution >= 4 is 12.0 Å². The lowest BCUT2D eigenvalue weighted by Crippen LogP contribution is -2.47. The van der Waals surface area contributed by atoms with Crippen molar-refractivity contribution in [2.45, 2.75) is 39.7 Å². The molecule has 0 aliphatic carbocycles. The second-order valence-electron chi connectivity index (χ2n) is 5.20. The van der Waals surface area contributed by atoms with Gasteiger partial charge >= 0.3 is 12.0 Å². The molecule has 0 aromatic carbocycles. The summed E-state index contributed by atoms with van der Waals surface area (Å²) in [5.74, 6) is -0.381. The molecule has 0 radical (unpaired) electrons. The summed E-state index contributed by atoms with van der Waals surface area (Å²) in [5.41, 5.74) is 0. The van der Waals surface area contributed by atoms with Crippen LogP contribution in [0, 0.1) is 11.8 Å². The summed E-state index contributed by atoms with van der Waals surface area (Å²) in [6.07, 6.45) is 0.685. The van der Waals surface area contributed by atoms with Crippen LogP contribution in [-0.2, 0) is 9.53 Å². The Morgan fingerprint density at radius 1 is 1.26 bits per heavy atom. The third-order valence-electron chi connectivity index (χ3n) is 2.93. The Morgan fingerprint density at radius 3 is 2.37 bits per heavy atom. The minimum Gasteiger partial charge on any atom is -0.481 e. The Hall–Kier alpha value is -1.30. The average molecular weight is 274 g/mol. The van der Waals surface area contributed by atoms with Crippen LogP contribution in [0.1, 0.15) is 33.6 Å². The van der Waals surface area contributed by atoms with E-state index in [1.165, 1.54) is 0 Å². The van der Waals surface area contributed by atoms with Crippen LogP contribution in [0.15, 0.2) is 0 Å². The molecule has 0 aliphatic heterocycles. The number of aliphatic carboxylic acids is 1. The third-order valence-corrected chi connectivity index (χ3v) is 2.93. The number of urea groups is 1. The van der Waals surface area contributed by atoms with Crippen LogP contribution in [0.25, 0.3) is 0 Å². The molecule has 0 saturated heterocycles. The summed E-state index contributed by atoms with van der Waals surface area (Å²) in [6, 6.07) is -0.266. The fraction of sp³-hybridized carbons (Fsp3) is 0.846. The SMILES string of the molecule is COCC(NC(=O)NCC(C)CCC(=O)O)C(C)C. The second kappa shape index (κ2) is 9.61. The molecule has 0 heterocycles. The lowest BCUT2D eigenvalue weighted by Gasteiger charge is -2.22. The highest BCUT2D eigenvalue weighted by Crippen LogP contribution is 2.04. The highest BCUT2D eigenvalue weighted by atomic mass is 16.5. The van der Waals surface area contributed by atoms with E-state index in [9.17, 15) is 9.59 Å². The van der Waals surface area contributed by atoms with Crippen LogP contribution in [0.2, 0.25) is 0 Å². The van der Waals surface area contributed by atoms with E-state index in [0.29, 0.717) is 19.6 Å². The van der Waals surface area contributed by atoms with Crippen LogP contribution in [0.3, 0.4) is 0 Å². The first-order valence-electron chi connectivity index (χ1n) is 6.61. The molecule has 2 unspecified atom stereocenters. The predicted molar refractivity (Wildman–Crippen MR) is 73.1 cm³/mol. The molecule has 0 rings (SSSR count). The van der Waals surface area contributed by atoms with Gasteiger partial charge in [0.25, 0.3) is 0 Å². The van der Waals surface area contributed by atoms with Gasteiger partial charge in [0, 0.05) is 20.1 Å². The zero-order valence-electron chi connectivity index (χ0n) is 12.2. The van der Waals surface area contributed by atoms with Gasteiger partial charge in [-0.25, -0.2) is 4.79 Å². The van der Waals surface area contributed by atoms with E-state index in [-0.39, 0.29) is 30.3 Å². The van der Waals surface area contributed by atoms with Gasteiger partial charge in [0.15, 0.2) is 0 Å². The zero-order valence-corrected chi connectivity index (χ0v) is 12.2. The molecule has 6 heteroatoms. The fourth-order valence-electron chi connectivity index (χ4n) is 1.54. The minimum atomic E-state index is -0.809. The van der Waals surface area contributed by atoms with Gasteiger partial charge in [0.2, 0.25) is 0 Å². The van der Waals surface area contributed by atoms with E-state index < -0.39 is 5.97 Å². The Morgan fingerprint density at radius 2 is 1.89 bits per heavy atom. The first-order chi connectivity index (χ1) is 8.86. The molecule has 112 valence electrons. The Kier molecular flexibility index (Phi) is 8.95. The van der Waals surface area contributed by atoms with Crippen LogP contribution in [-0.4, -0.2) is 43.4 Å². The number of carboxylic acid groups (broad SMARTS) is 1. The van der Waals surface area contributed by atoms with Gasteiger partial charge in [0.05, 0.1) is 12.6 Å². The van der Waals surface area contributed by atoms with Gasteiger partial charge in [-0.15, -0.1) is 0 Å². The number of hydrogen-bond donors (Lipinski definition) is 3. The topological polar surface area (TPSA) is 87.7 Å². The Balaban J connectivity index is 3.93. The number of carboxylic acids is 1. The van der Waals surface area contributed by atoms with Crippen molar-refractivity contribution in [2.75, 3.05) is 20.3 Å². The van der Waals surface area contributed by atoms with Crippen molar-refractivity contribution in [3.8, 4) is 0 Å². The quantitative estimate of drug-likeness (QED) is 0.594. The largest absolute Gasteiger partial charge is 0.481 e. The van der Waals surface area contributed by atoms with Gasteiger partial charge < -0.3 is 20.5 Å². The number of amides is 2. The molecule has 0 fully saturated rings. The van der Waals surface area contributed by atoms with Crippen molar-refractivity contribution < 1.29 is 19.4 Å². The summed E-state index contributed by atoms with van der Waals surface area (Å²) in [5, 5.41) is 14.2. The smallest absolute Gasteiger partial charge is 0.315 e. The molecular formula is C13H26N2O4. The number of nitrogens with one attached hydrogen (secondary N) is 2. The van der Waals surface area contributed by atoms with Gasteiger partial charge in [-0.05, 0) is 18.3 Å². The van der Waals surface area contributed by atoms with Gasteiger partial charge in [-0.1, -0.05) is 20.8 Å². The van der Waals surface area contributed by atoms with Crippen molar-refractivity contribution in [3.63, 3.8) is 0 Å². The highest BCUT2D eigenvalue weighted by Gasteiger charge is 2.16. The third kappa shape index (κ3) is 9.30. The van der Waals surface area contributed by atoms with Gasteiger partial charge in [0.1, 0.15) is 0 Å². The first kappa shape index (κ1) is 17.7. The van der Waals surface area contributed by atoms with Gasteiger partial charge in [-0.2, -0.15) is 0 Å². The Labute approximate surface area is 114 Å². The monoisotopic (exact) mass is 274 g/mol. The van der Waals surface area contributed by atoms with E-state index >= 15 is 0 Å². The van der Waals surface area contributed by atoms with Crippen LogP contribution < -0.4 is 10.6 Å². The molecule has 0 aromatic rings. The molecule has 3 N–H and O–H groups in total. The maximum Gasteiger partial charge on any atom is 0.315 e. The van der Waals surface area contributed by atoms with E-state index in [2.05, 4.69) is 10.6 Å². The van der Waals surface area contributed by atoms with E-state index in [1.807, 2.05) is 20.8 Å². The normalized spacial score (nSPS) is 13.9. The number of ether oxygens (including phenoxy) is 1. The molecular weight excluding hydrogens is 248 g/mol. The van der Waals surface area contributed by atoms with Crippen molar-refractivity contribution in [2.24, 2.45) is 11.8 Å². The standard InChI is InChI=1S/C13H26N2O4/c1-9(2)11(8-19-4)15-13(18)14-7-10(3)5-6-12(16)17/h9-11H,5-8H2,1-4H3,(H,16,17)(H2,14,15,18). The summed E-state index contributed by atoms with van der Waals surface area (Å²) in [4.78, 5) is 22.1. The lowest BCUT2D eigenvalue weighted by molar-refractivity contribution is -0.137. The predicted octanol–water partition coefficient (Wildman–Crippen LogP) is 1.46. The van der Waals surface area contributed by atoms with Crippen molar-refractivity contribution in [3.05, 3.63) is 0 Å². The minimum absolute atomic E-state index is 0.0284. The maximum absolute atomic E-state index is 11.7. The fourth-order valence-corrected chi connectivity index (χ4v) is 1.54. The summed E-state index contributed by atoms with van der Waals surface area (Å²) in [6.45, 7) is 6.88. The van der Waals surface area contributed by atoms with Crippen LogP contribution in [0.4, 0.5) is 4.79 Å². The number of hydrogen-bond acceptors (Lipinski definition) is 3. The van der Waals surface area contributed by atoms with Crippen molar-refractivity contribution in [1.82, 2.24) is 10.6 Å². The van der Waals surface area contributed by atoms with Gasteiger partial charge in [-0.3, -0.25) is 4.79 Å². The summed E-state index contributed by atoms with van der Waals surface area (Å²) in [7, 11) is 1.60. The molecule has 2 amide bonds. The second-order valence-corrected chi connectivity index (χ2v) is 5.20. The zero-order chi connectivity index (χ0) is 14.8. The van der Waals surface area contributed by atoms with E-state index in [1.54, 1.807) is 7.11 Å². The molecule has 6 nitrogen and oxygen atoms in total. The summed E-state index contributed by atoms with van der Waals surface area (Å²) >= 11 is 0. The average Bonchev–Trinajstić information content (AvgIpc) is 2.33. The molecule has 0 saturated carbocycles. The van der Waals surface area contributed by atoms with E-state index in [0.717, 1.165) is 0 Å². The number of methoxy groups -OCH3 is 1. The molecule has 0 aromatic heterocycles. The molecule has 0 aliphatic rings. The van der Waals surface area contributed by atoms with Crippen molar-refractivity contribution in [1.29, 1.82) is 0 Å². The number of carbonyl (C=O) groups is 2. The lowest BCUT2D eigenvalue weighted by atomic mass is 10.1.